The van der Waals surface area contributed by atoms with Gasteiger partial charge in [0.15, 0.2) is 0 Å². The quantitative estimate of drug-likeness (QED) is 0.781. The van der Waals surface area contributed by atoms with Crippen LogP contribution in [0.5, 0.6) is 5.75 Å². The highest BCUT2D eigenvalue weighted by Gasteiger charge is 2.03. The summed E-state index contributed by atoms with van der Waals surface area (Å²) < 4.78 is 5.20. The van der Waals surface area contributed by atoms with Crippen LogP contribution < -0.4 is 4.74 Å². The molecule has 0 spiro atoms. The molecule has 1 heterocycles. The lowest BCUT2D eigenvalue weighted by Crippen LogP contribution is -1.94. The average Bonchev–Trinajstić information content (AvgIpc) is 2.30. The molecule has 0 saturated heterocycles. The summed E-state index contributed by atoms with van der Waals surface area (Å²) in [6.07, 6.45) is 2.25. The summed E-state index contributed by atoms with van der Waals surface area (Å²) in [6.45, 7) is 4.27. The zero-order valence-electron chi connectivity index (χ0n) is 10.1. The van der Waals surface area contributed by atoms with Crippen molar-refractivity contribution in [2.45, 2.75) is 26.7 Å². The van der Waals surface area contributed by atoms with Crippen LogP contribution in [0.2, 0.25) is 0 Å². The van der Waals surface area contributed by atoms with Crippen LogP contribution in [0, 0.1) is 6.92 Å². The molecule has 16 heavy (non-hydrogen) atoms. The van der Waals surface area contributed by atoms with Crippen LogP contribution in [0.25, 0.3) is 10.9 Å². The fourth-order valence-corrected chi connectivity index (χ4v) is 1.94. The Morgan fingerprint density at radius 3 is 2.75 bits per heavy atom. The predicted molar refractivity (Wildman–Crippen MR) is 67.0 cm³/mol. The number of aryl methyl sites for hydroxylation is 2. The van der Waals surface area contributed by atoms with Crippen LogP contribution in [0.15, 0.2) is 24.3 Å². The maximum absolute atomic E-state index is 5.20. The van der Waals surface area contributed by atoms with E-state index in [9.17, 15) is 0 Å². The number of hydrogen-bond donors (Lipinski definition) is 0. The van der Waals surface area contributed by atoms with Crippen molar-refractivity contribution >= 4 is 10.9 Å². The van der Waals surface area contributed by atoms with E-state index in [4.69, 9.17) is 4.74 Å². The van der Waals surface area contributed by atoms with Crippen molar-refractivity contribution < 1.29 is 4.74 Å². The molecule has 0 aliphatic rings. The highest BCUT2D eigenvalue weighted by Crippen LogP contribution is 2.22. The molecule has 0 atom stereocenters. The fourth-order valence-electron chi connectivity index (χ4n) is 1.94. The number of pyridine rings is 1. The van der Waals surface area contributed by atoms with Crippen LogP contribution in [0.4, 0.5) is 0 Å². The maximum Gasteiger partial charge on any atom is 0.121 e. The predicted octanol–water partition coefficient (Wildman–Crippen LogP) is 3.50. The van der Waals surface area contributed by atoms with Gasteiger partial charge in [0.25, 0.3) is 0 Å². The molecule has 2 nitrogen and oxygen atoms in total. The van der Waals surface area contributed by atoms with Crippen LogP contribution >= 0.6 is 0 Å². The van der Waals surface area contributed by atoms with Crippen LogP contribution in [-0.4, -0.2) is 12.1 Å². The van der Waals surface area contributed by atoms with Gasteiger partial charge in [-0.1, -0.05) is 13.3 Å². The van der Waals surface area contributed by atoms with Crippen molar-refractivity contribution in [1.29, 1.82) is 0 Å². The Morgan fingerprint density at radius 2 is 2.06 bits per heavy atom. The average molecular weight is 215 g/mol. The van der Waals surface area contributed by atoms with Crippen molar-refractivity contribution in [3.63, 3.8) is 0 Å². The number of fused-ring (bicyclic) bond motifs is 1. The summed E-state index contributed by atoms with van der Waals surface area (Å²) >= 11 is 0. The minimum absolute atomic E-state index is 0.864. The molecule has 0 saturated carbocycles. The molecule has 0 aliphatic carbocycles. The van der Waals surface area contributed by atoms with Gasteiger partial charge in [-0.05, 0) is 37.1 Å². The van der Waals surface area contributed by atoms with E-state index in [1.54, 1.807) is 7.11 Å². The zero-order chi connectivity index (χ0) is 11.5. The van der Waals surface area contributed by atoms with E-state index in [2.05, 4.69) is 31.0 Å². The summed E-state index contributed by atoms with van der Waals surface area (Å²) in [6, 6.07) is 8.27. The van der Waals surface area contributed by atoms with Gasteiger partial charge in [-0.3, -0.25) is 4.98 Å². The van der Waals surface area contributed by atoms with E-state index in [1.165, 1.54) is 10.9 Å². The maximum atomic E-state index is 5.20. The van der Waals surface area contributed by atoms with Gasteiger partial charge < -0.3 is 4.74 Å². The zero-order valence-corrected chi connectivity index (χ0v) is 10.1. The number of rotatable bonds is 3. The van der Waals surface area contributed by atoms with E-state index < -0.39 is 0 Å². The molecular weight excluding hydrogens is 198 g/mol. The molecule has 0 N–H and O–H groups in total. The van der Waals surface area contributed by atoms with Gasteiger partial charge in [-0.15, -0.1) is 0 Å². The SMILES string of the molecule is CCCc1cc2ccc(OC)cc2nc1C. The topological polar surface area (TPSA) is 22.1 Å². The van der Waals surface area contributed by atoms with Gasteiger partial charge in [-0.2, -0.15) is 0 Å². The van der Waals surface area contributed by atoms with E-state index in [-0.39, 0.29) is 0 Å². The monoisotopic (exact) mass is 215 g/mol. The Kier molecular flexibility index (Phi) is 3.09. The highest BCUT2D eigenvalue weighted by molar-refractivity contribution is 5.81. The number of methoxy groups -OCH3 is 1. The first-order valence-corrected chi connectivity index (χ1v) is 5.69. The molecule has 0 amide bonds. The summed E-state index contributed by atoms with van der Waals surface area (Å²) in [4.78, 5) is 4.62. The molecule has 2 heteroatoms. The van der Waals surface area contributed by atoms with Gasteiger partial charge in [0, 0.05) is 17.1 Å². The minimum Gasteiger partial charge on any atom is -0.497 e. The Balaban J connectivity index is 2.55. The number of benzene rings is 1. The van der Waals surface area contributed by atoms with Crippen molar-refractivity contribution in [3.05, 3.63) is 35.5 Å². The van der Waals surface area contributed by atoms with E-state index in [0.717, 1.165) is 29.8 Å². The third kappa shape index (κ3) is 2.01. The molecule has 84 valence electrons. The molecule has 2 aromatic rings. The van der Waals surface area contributed by atoms with E-state index >= 15 is 0 Å². The Labute approximate surface area is 96.3 Å². The summed E-state index contributed by atoms with van der Waals surface area (Å²) in [5, 5.41) is 1.19. The molecule has 0 unspecified atom stereocenters. The Hall–Kier alpha value is -1.57. The summed E-state index contributed by atoms with van der Waals surface area (Å²) in [5.74, 6) is 0.864. The first kappa shape index (κ1) is 10.9. The molecule has 1 aromatic carbocycles. The number of nitrogens with zero attached hydrogens (tertiary/aromatic N) is 1. The van der Waals surface area contributed by atoms with Gasteiger partial charge in [0.1, 0.15) is 5.75 Å². The molecular formula is C14H17NO. The standard InChI is InChI=1S/C14H17NO/c1-4-5-11-8-12-6-7-13(16-3)9-14(12)15-10(11)2/h6-9H,4-5H2,1-3H3. The van der Waals surface area contributed by atoms with Crippen LogP contribution in [0.3, 0.4) is 0 Å². The van der Waals surface area contributed by atoms with Crippen molar-refractivity contribution in [2.75, 3.05) is 7.11 Å². The number of aromatic nitrogens is 1. The van der Waals surface area contributed by atoms with E-state index in [0.29, 0.717) is 0 Å². The van der Waals surface area contributed by atoms with Gasteiger partial charge >= 0.3 is 0 Å². The molecule has 2 rings (SSSR count). The second-order valence-electron chi connectivity index (χ2n) is 4.04. The Bertz CT molecular complexity index is 505. The summed E-state index contributed by atoms with van der Waals surface area (Å²) in [5.41, 5.74) is 3.49. The first-order valence-electron chi connectivity index (χ1n) is 5.69. The lowest BCUT2D eigenvalue weighted by molar-refractivity contribution is 0.415. The molecule has 0 bridgehead atoms. The second-order valence-corrected chi connectivity index (χ2v) is 4.04. The van der Waals surface area contributed by atoms with Gasteiger partial charge in [0.2, 0.25) is 0 Å². The molecule has 0 radical (unpaired) electrons. The molecule has 1 aromatic heterocycles. The molecule has 0 fully saturated rings. The fraction of sp³-hybridized carbons (Fsp3) is 0.357. The van der Waals surface area contributed by atoms with Crippen molar-refractivity contribution in [1.82, 2.24) is 4.98 Å². The lowest BCUT2D eigenvalue weighted by atomic mass is 10.1. The third-order valence-corrected chi connectivity index (χ3v) is 2.84. The lowest BCUT2D eigenvalue weighted by Gasteiger charge is -2.07. The van der Waals surface area contributed by atoms with Gasteiger partial charge in [-0.25, -0.2) is 0 Å². The highest BCUT2D eigenvalue weighted by atomic mass is 16.5. The van der Waals surface area contributed by atoms with Crippen molar-refractivity contribution in [3.8, 4) is 5.75 Å². The van der Waals surface area contributed by atoms with E-state index in [1.807, 2.05) is 12.1 Å². The number of ether oxygens (including phenoxy) is 1. The smallest absolute Gasteiger partial charge is 0.121 e. The Morgan fingerprint density at radius 1 is 1.25 bits per heavy atom. The molecule has 0 aliphatic heterocycles. The first-order chi connectivity index (χ1) is 7.74. The normalized spacial score (nSPS) is 10.7. The van der Waals surface area contributed by atoms with Crippen LogP contribution in [-0.2, 0) is 6.42 Å². The number of hydrogen-bond acceptors (Lipinski definition) is 2. The largest absolute Gasteiger partial charge is 0.497 e. The van der Waals surface area contributed by atoms with Gasteiger partial charge in [0.05, 0.1) is 12.6 Å². The second kappa shape index (κ2) is 4.52. The minimum atomic E-state index is 0.864. The third-order valence-electron chi connectivity index (χ3n) is 2.84. The summed E-state index contributed by atoms with van der Waals surface area (Å²) in [7, 11) is 1.68. The van der Waals surface area contributed by atoms with Crippen molar-refractivity contribution in [2.24, 2.45) is 0 Å². The van der Waals surface area contributed by atoms with Crippen LogP contribution in [0.1, 0.15) is 24.6 Å².